The Morgan fingerprint density at radius 1 is 1.00 bits per heavy atom. The maximum absolute atomic E-state index is 13.7. The summed E-state index contributed by atoms with van der Waals surface area (Å²) in [5.74, 6) is -5.11. The van der Waals surface area contributed by atoms with Crippen molar-refractivity contribution in [3.8, 4) is 5.69 Å². The molecule has 1 atom stereocenters. The number of rotatable bonds is 7. The van der Waals surface area contributed by atoms with E-state index in [4.69, 9.17) is 0 Å². The molecule has 0 bridgehead atoms. The van der Waals surface area contributed by atoms with Gasteiger partial charge in [-0.15, -0.1) is 0 Å². The summed E-state index contributed by atoms with van der Waals surface area (Å²) in [7, 11) is 0. The van der Waals surface area contributed by atoms with Crippen LogP contribution < -0.4 is 15.5 Å². The first-order chi connectivity index (χ1) is 16.8. The Hall–Kier alpha value is -4.00. The van der Waals surface area contributed by atoms with Gasteiger partial charge in [0.2, 0.25) is 17.8 Å². The molecule has 2 heterocycles. The minimum atomic E-state index is -1.68. The van der Waals surface area contributed by atoms with E-state index >= 15 is 0 Å². The minimum absolute atomic E-state index is 0.395. The van der Waals surface area contributed by atoms with Crippen molar-refractivity contribution in [1.82, 2.24) is 30.4 Å². The number of carbonyl (C=O) groups excluding carboxylic acids is 2. The molecule has 2 N–H and O–H groups in total. The van der Waals surface area contributed by atoms with Gasteiger partial charge in [-0.3, -0.25) is 14.5 Å². The molecule has 35 heavy (non-hydrogen) atoms. The zero-order valence-corrected chi connectivity index (χ0v) is 18.8. The average molecular weight is 488 g/mol. The summed E-state index contributed by atoms with van der Waals surface area (Å²) in [6.07, 6.45) is 0. The highest BCUT2D eigenvalue weighted by molar-refractivity contribution is 5.95. The largest absolute Gasteiger partial charge is 0.346 e. The number of nitrogens with one attached hydrogen (secondary N) is 2. The van der Waals surface area contributed by atoms with Crippen LogP contribution in [0.25, 0.3) is 5.69 Å². The SMILES string of the molecule is CC(C(=O)NCC(=O)Nc1ccc(F)c(F)c1F)N1CCN(c2nnnn2-c2ccccc2)CC1. The van der Waals surface area contributed by atoms with E-state index < -0.39 is 47.5 Å². The lowest BCUT2D eigenvalue weighted by Gasteiger charge is -2.37. The Bertz CT molecular complexity index is 1200. The van der Waals surface area contributed by atoms with E-state index in [1.807, 2.05) is 40.1 Å². The first kappa shape index (κ1) is 24.1. The monoisotopic (exact) mass is 488 g/mol. The highest BCUT2D eigenvalue weighted by Gasteiger charge is 2.28. The van der Waals surface area contributed by atoms with Gasteiger partial charge < -0.3 is 15.5 Å². The fraction of sp³-hybridized carbons (Fsp3) is 0.318. The number of benzene rings is 2. The molecule has 3 aromatic rings. The predicted octanol–water partition coefficient (Wildman–Crippen LogP) is 1.34. The number of carbonyl (C=O) groups is 2. The molecule has 10 nitrogen and oxygen atoms in total. The van der Waals surface area contributed by atoms with Gasteiger partial charge in [-0.25, -0.2) is 13.2 Å². The molecular weight excluding hydrogens is 465 g/mol. The van der Waals surface area contributed by atoms with E-state index in [9.17, 15) is 22.8 Å². The molecule has 184 valence electrons. The number of para-hydroxylation sites is 1. The van der Waals surface area contributed by atoms with Crippen LogP contribution in [-0.4, -0.2) is 75.7 Å². The van der Waals surface area contributed by atoms with Crippen molar-refractivity contribution in [2.45, 2.75) is 13.0 Å². The number of halogens is 3. The van der Waals surface area contributed by atoms with Gasteiger partial charge in [0.15, 0.2) is 17.5 Å². The third-order valence-electron chi connectivity index (χ3n) is 5.71. The number of hydrogen-bond donors (Lipinski definition) is 2. The molecule has 0 spiro atoms. The standard InChI is InChI=1S/C22H23F3N8O2/c1-14(21(35)26-13-18(34)27-17-8-7-16(23)19(24)20(17)25)31-9-11-32(12-10-31)22-28-29-30-33(22)15-5-3-2-4-6-15/h2-8,14H,9-13H2,1H3,(H,26,35)(H,27,34). The van der Waals surface area contributed by atoms with Crippen LogP contribution in [0.15, 0.2) is 42.5 Å². The Balaban J connectivity index is 1.27. The maximum Gasteiger partial charge on any atom is 0.250 e. The zero-order valence-electron chi connectivity index (χ0n) is 18.8. The number of hydrogen-bond acceptors (Lipinski definition) is 7. The summed E-state index contributed by atoms with van der Waals surface area (Å²) < 4.78 is 41.7. The summed E-state index contributed by atoms with van der Waals surface area (Å²) in [5.41, 5.74) is 0.328. The summed E-state index contributed by atoms with van der Waals surface area (Å²) in [6.45, 7) is 3.55. The molecule has 0 radical (unpaired) electrons. The summed E-state index contributed by atoms with van der Waals surface area (Å²) >= 11 is 0. The quantitative estimate of drug-likeness (QED) is 0.484. The highest BCUT2D eigenvalue weighted by atomic mass is 19.2. The van der Waals surface area contributed by atoms with E-state index in [0.29, 0.717) is 38.2 Å². The molecule has 1 unspecified atom stereocenters. The smallest absolute Gasteiger partial charge is 0.250 e. The Labute approximate surface area is 198 Å². The molecule has 4 rings (SSSR count). The summed E-state index contributed by atoms with van der Waals surface area (Å²) in [4.78, 5) is 28.6. The lowest BCUT2D eigenvalue weighted by atomic mass is 10.2. The van der Waals surface area contributed by atoms with Crippen LogP contribution in [0.4, 0.5) is 24.8 Å². The van der Waals surface area contributed by atoms with Gasteiger partial charge in [0, 0.05) is 26.2 Å². The molecule has 0 aliphatic carbocycles. The van der Waals surface area contributed by atoms with Gasteiger partial charge in [0.1, 0.15) is 0 Å². The van der Waals surface area contributed by atoms with E-state index in [0.717, 1.165) is 11.8 Å². The Kier molecular flexibility index (Phi) is 7.25. The first-order valence-corrected chi connectivity index (χ1v) is 10.9. The second-order valence-electron chi connectivity index (χ2n) is 7.91. The van der Waals surface area contributed by atoms with Gasteiger partial charge in [-0.2, -0.15) is 4.68 Å². The van der Waals surface area contributed by atoms with E-state index in [2.05, 4.69) is 26.2 Å². The van der Waals surface area contributed by atoms with Crippen molar-refractivity contribution in [1.29, 1.82) is 0 Å². The average Bonchev–Trinajstić information content (AvgIpc) is 3.38. The molecule has 1 aromatic heterocycles. The Morgan fingerprint density at radius 3 is 2.43 bits per heavy atom. The van der Waals surface area contributed by atoms with E-state index in [1.165, 1.54) is 0 Å². The number of anilines is 2. The summed E-state index contributed by atoms with van der Waals surface area (Å²) in [6, 6.07) is 10.6. The highest BCUT2D eigenvalue weighted by Crippen LogP contribution is 2.20. The number of piperazine rings is 1. The fourth-order valence-corrected chi connectivity index (χ4v) is 3.72. The number of tetrazole rings is 1. The molecule has 0 saturated carbocycles. The third kappa shape index (κ3) is 5.40. The maximum atomic E-state index is 13.7. The van der Waals surface area contributed by atoms with Gasteiger partial charge >= 0.3 is 0 Å². The lowest BCUT2D eigenvalue weighted by Crippen LogP contribution is -2.54. The second-order valence-corrected chi connectivity index (χ2v) is 7.91. The fourth-order valence-electron chi connectivity index (χ4n) is 3.72. The van der Waals surface area contributed by atoms with Gasteiger partial charge in [0.05, 0.1) is 24.0 Å². The molecule has 1 aliphatic heterocycles. The van der Waals surface area contributed by atoms with E-state index in [1.54, 1.807) is 11.6 Å². The molecule has 1 fully saturated rings. The minimum Gasteiger partial charge on any atom is -0.346 e. The second kappa shape index (κ2) is 10.5. The number of nitrogens with zero attached hydrogens (tertiary/aromatic N) is 6. The van der Waals surface area contributed by atoms with Crippen molar-refractivity contribution in [3.63, 3.8) is 0 Å². The molecule has 2 aromatic carbocycles. The van der Waals surface area contributed by atoms with Gasteiger partial charge in [0.25, 0.3) is 0 Å². The first-order valence-electron chi connectivity index (χ1n) is 10.9. The van der Waals surface area contributed by atoms with Crippen LogP contribution in [-0.2, 0) is 9.59 Å². The van der Waals surface area contributed by atoms with Crippen LogP contribution in [0.5, 0.6) is 0 Å². The van der Waals surface area contributed by atoms with Crippen molar-refractivity contribution < 1.29 is 22.8 Å². The Morgan fingerprint density at radius 2 is 1.71 bits per heavy atom. The van der Waals surface area contributed by atoms with Gasteiger partial charge in [-0.1, -0.05) is 23.3 Å². The van der Waals surface area contributed by atoms with Crippen molar-refractivity contribution in [3.05, 3.63) is 59.9 Å². The summed E-state index contributed by atoms with van der Waals surface area (Å²) in [5, 5.41) is 16.6. The number of aromatic nitrogens is 4. The molecule has 1 aliphatic rings. The molecule has 1 saturated heterocycles. The van der Waals surface area contributed by atoms with Crippen molar-refractivity contribution in [2.75, 3.05) is 42.9 Å². The van der Waals surface area contributed by atoms with E-state index in [-0.39, 0.29) is 0 Å². The van der Waals surface area contributed by atoms with Crippen molar-refractivity contribution in [2.24, 2.45) is 0 Å². The zero-order chi connectivity index (χ0) is 24.9. The third-order valence-corrected chi connectivity index (χ3v) is 5.71. The molecule has 13 heteroatoms. The van der Waals surface area contributed by atoms with Crippen LogP contribution in [0.3, 0.4) is 0 Å². The molecular formula is C22H23F3N8O2. The predicted molar refractivity (Wildman–Crippen MR) is 120 cm³/mol. The normalized spacial score (nSPS) is 15.0. The van der Waals surface area contributed by atoms with Crippen LogP contribution in [0, 0.1) is 17.5 Å². The molecule has 2 amide bonds. The van der Waals surface area contributed by atoms with Crippen LogP contribution >= 0.6 is 0 Å². The topological polar surface area (TPSA) is 108 Å². The van der Waals surface area contributed by atoms with Crippen LogP contribution in [0.1, 0.15) is 6.92 Å². The van der Waals surface area contributed by atoms with Crippen LogP contribution in [0.2, 0.25) is 0 Å². The van der Waals surface area contributed by atoms with Crippen molar-refractivity contribution >= 4 is 23.5 Å². The number of amides is 2. The van der Waals surface area contributed by atoms with Gasteiger partial charge in [-0.05, 0) is 41.6 Å². The lowest BCUT2D eigenvalue weighted by molar-refractivity contribution is -0.128.